The van der Waals surface area contributed by atoms with Gasteiger partial charge in [0.05, 0.1) is 0 Å². The highest BCUT2D eigenvalue weighted by Crippen LogP contribution is 2.10. The normalized spacial score (nSPS) is 11.2. The van der Waals surface area contributed by atoms with Crippen LogP contribution in [0.3, 0.4) is 0 Å². The van der Waals surface area contributed by atoms with Gasteiger partial charge in [-0.2, -0.15) is 0 Å². The fourth-order valence-corrected chi connectivity index (χ4v) is 3.07. The second-order valence-electron chi connectivity index (χ2n) is 7.24. The van der Waals surface area contributed by atoms with E-state index in [1.54, 1.807) is 0 Å². The number of nitrogens with one attached hydrogen (secondary N) is 1. The van der Waals surface area contributed by atoms with Crippen LogP contribution in [0.25, 0.3) is 0 Å². The van der Waals surface area contributed by atoms with E-state index in [0.717, 1.165) is 28.5 Å². The van der Waals surface area contributed by atoms with E-state index in [-0.39, 0.29) is 19.6 Å². The zero-order chi connectivity index (χ0) is 22.6. The van der Waals surface area contributed by atoms with Crippen LogP contribution in [-0.2, 0) is 45.1 Å². The average Bonchev–Trinajstić information content (AvgIpc) is 2.83. The molecule has 6 nitrogen and oxygen atoms in total. The van der Waals surface area contributed by atoms with E-state index in [4.69, 9.17) is 9.47 Å². The molecule has 0 radical (unpaired) electrons. The summed E-state index contributed by atoms with van der Waals surface area (Å²) in [5, 5.41) is 2.62. The summed E-state index contributed by atoms with van der Waals surface area (Å²) in [4.78, 5) is 35.8. The molecule has 164 valence electrons. The number of carbonyl (C=O) groups excluding carboxylic acids is 3. The van der Waals surface area contributed by atoms with Gasteiger partial charge in [-0.1, -0.05) is 84.9 Å². The number of amides is 1. The first kappa shape index (κ1) is 22.7. The summed E-state index contributed by atoms with van der Waals surface area (Å²) < 4.78 is 10.7. The lowest BCUT2D eigenvalue weighted by atomic mass is 10.0. The van der Waals surface area contributed by atoms with Crippen molar-refractivity contribution in [3.05, 3.63) is 107 Å². The second-order valence-corrected chi connectivity index (χ2v) is 7.24. The minimum atomic E-state index is -0.918. The number of rotatable bonds is 10. The molecule has 0 aliphatic heterocycles. The van der Waals surface area contributed by atoms with Gasteiger partial charge in [0.15, 0.2) is 0 Å². The highest BCUT2D eigenvalue weighted by atomic mass is 16.6. The minimum Gasteiger partial charge on any atom is -0.459 e. The highest BCUT2D eigenvalue weighted by Gasteiger charge is 2.24. The molecule has 0 fully saturated rings. The van der Waals surface area contributed by atoms with Crippen LogP contribution in [0.5, 0.6) is 0 Å². The molecule has 1 N–H and O–H groups in total. The first-order valence-corrected chi connectivity index (χ1v) is 10.3. The molecule has 1 amide bonds. The fraction of sp³-hybridized carbons (Fsp3) is 0.192. The third kappa shape index (κ3) is 7.40. The molecule has 32 heavy (non-hydrogen) atoms. The molecule has 0 unspecified atom stereocenters. The molecule has 0 aromatic heterocycles. The Bertz CT molecular complexity index is 1000. The predicted octanol–water partition coefficient (Wildman–Crippen LogP) is 4.01. The van der Waals surface area contributed by atoms with Crippen molar-refractivity contribution in [2.24, 2.45) is 0 Å². The van der Waals surface area contributed by atoms with Gasteiger partial charge in [0, 0.05) is 12.8 Å². The summed E-state index contributed by atoms with van der Waals surface area (Å²) >= 11 is 0. The van der Waals surface area contributed by atoms with Gasteiger partial charge in [-0.3, -0.25) is 0 Å². The van der Waals surface area contributed by atoms with Crippen LogP contribution in [0.4, 0.5) is 4.79 Å². The van der Waals surface area contributed by atoms with Crippen molar-refractivity contribution in [2.45, 2.75) is 32.1 Å². The summed E-state index contributed by atoms with van der Waals surface area (Å²) in [5.74, 6) is -0.553. The monoisotopic (exact) mass is 431 g/mol. The summed E-state index contributed by atoms with van der Waals surface area (Å²) in [6.07, 6.45) is 0.693. The van der Waals surface area contributed by atoms with Gasteiger partial charge >= 0.3 is 12.1 Å². The van der Waals surface area contributed by atoms with Crippen molar-refractivity contribution in [3.63, 3.8) is 0 Å². The molecule has 0 bridgehead atoms. The molecule has 0 saturated carbocycles. The van der Waals surface area contributed by atoms with Crippen LogP contribution < -0.4 is 5.32 Å². The smallest absolute Gasteiger partial charge is 0.408 e. The number of alkyl carbamates (subject to hydrolysis) is 1. The van der Waals surface area contributed by atoms with Gasteiger partial charge in [0.25, 0.3) is 0 Å². The van der Waals surface area contributed by atoms with Crippen LogP contribution in [0.15, 0.2) is 84.9 Å². The lowest BCUT2D eigenvalue weighted by molar-refractivity contribution is -0.147. The summed E-state index contributed by atoms with van der Waals surface area (Å²) in [5.41, 5.74) is 3.40. The van der Waals surface area contributed by atoms with Crippen molar-refractivity contribution in [1.82, 2.24) is 5.32 Å². The van der Waals surface area contributed by atoms with E-state index < -0.39 is 18.1 Å². The van der Waals surface area contributed by atoms with E-state index in [9.17, 15) is 14.4 Å². The second kappa shape index (κ2) is 12.1. The number of benzene rings is 3. The molecular formula is C26H25NO5. The Labute approximate surface area is 187 Å². The first-order chi connectivity index (χ1) is 15.6. The van der Waals surface area contributed by atoms with Crippen molar-refractivity contribution in [3.8, 4) is 0 Å². The summed E-state index contributed by atoms with van der Waals surface area (Å²) in [6, 6.07) is 25.0. The van der Waals surface area contributed by atoms with Crippen molar-refractivity contribution in [2.75, 3.05) is 0 Å². The molecule has 3 rings (SSSR count). The van der Waals surface area contributed by atoms with Crippen molar-refractivity contribution in [1.29, 1.82) is 0 Å². The Morgan fingerprint density at radius 1 is 0.719 bits per heavy atom. The first-order valence-electron chi connectivity index (χ1n) is 10.3. The maximum absolute atomic E-state index is 12.8. The largest absolute Gasteiger partial charge is 0.459 e. The zero-order valence-electron chi connectivity index (χ0n) is 17.6. The van der Waals surface area contributed by atoms with Crippen LogP contribution in [0.2, 0.25) is 0 Å². The van der Waals surface area contributed by atoms with Crippen LogP contribution in [0, 0.1) is 0 Å². The standard InChI is InChI=1S/C26H25NO5/c28-16-15-20-11-13-21(14-12-20)17-24(25(29)31-18-22-7-3-1-4-8-22)27-26(30)32-19-23-9-5-2-6-10-23/h1-14,16,24H,15,17-19H2,(H,27,30)/t24-/m0/s1. The van der Waals surface area contributed by atoms with Gasteiger partial charge in [-0.25, -0.2) is 9.59 Å². The number of hydrogen-bond donors (Lipinski definition) is 1. The topological polar surface area (TPSA) is 81.7 Å². The molecule has 0 heterocycles. The van der Waals surface area contributed by atoms with Crippen LogP contribution in [-0.4, -0.2) is 24.4 Å². The molecule has 6 heteroatoms. The van der Waals surface area contributed by atoms with Crippen LogP contribution in [0.1, 0.15) is 22.3 Å². The van der Waals surface area contributed by atoms with Crippen molar-refractivity contribution >= 4 is 18.3 Å². The third-order valence-corrected chi connectivity index (χ3v) is 4.80. The average molecular weight is 431 g/mol. The number of esters is 1. The van der Waals surface area contributed by atoms with E-state index in [1.807, 2.05) is 84.9 Å². The molecule has 0 spiro atoms. The Morgan fingerprint density at radius 2 is 1.25 bits per heavy atom. The molecule has 0 aliphatic carbocycles. The van der Waals surface area contributed by atoms with Crippen LogP contribution >= 0.6 is 0 Å². The Morgan fingerprint density at radius 3 is 1.81 bits per heavy atom. The zero-order valence-corrected chi connectivity index (χ0v) is 17.6. The van der Waals surface area contributed by atoms with Gasteiger partial charge in [0.2, 0.25) is 0 Å². The fourth-order valence-electron chi connectivity index (χ4n) is 3.07. The Kier molecular flexibility index (Phi) is 8.57. The molecule has 0 aliphatic rings. The maximum atomic E-state index is 12.8. The number of ether oxygens (including phenoxy) is 2. The lowest BCUT2D eigenvalue weighted by Crippen LogP contribution is -2.43. The SMILES string of the molecule is O=CCc1ccc(C[C@H](NC(=O)OCc2ccccc2)C(=O)OCc2ccccc2)cc1. The molecular weight excluding hydrogens is 406 g/mol. The Balaban J connectivity index is 1.63. The third-order valence-electron chi connectivity index (χ3n) is 4.80. The van der Waals surface area contributed by atoms with Gasteiger partial charge < -0.3 is 19.6 Å². The molecule has 3 aromatic carbocycles. The lowest BCUT2D eigenvalue weighted by Gasteiger charge is -2.18. The van der Waals surface area contributed by atoms with Crippen molar-refractivity contribution < 1.29 is 23.9 Å². The summed E-state index contributed by atoms with van der Waals surface area (Å²) in [6.45, 7) is 0.202. The Hall–Kier alpha value is -3.93. The predicted molar refractivity (Wildman–Crippen MR) is 120 cm³/mol. The van der Waals surface area contributed by atoms with Gasteiger partial charge in [-0.05, 0) is 22.3 Å². The highest BCUT2D eigenvalue weighted by molar-refractivity contribution is 5.81. The van der Waals surface area contributed by atoms with E-state index in [1.165, 1.54) is 0 Å². The quantitative estimate of drug-likeness (QED) is 0.387. The minimum absolute atomic E-state index is 0.0961. The van der Waals surface area contributed by atoms with E-state index >= 15 is 0 Å². The van der Waals surface area contributed by atoms with E-state index in [0.29, 0.717) is 6.42 Å². The number of carbonyl (C=O) groups is 3. The molecule has 3 aromatic rings. The molecule has 1 atom stereocenters. The van der Waals surface area contributed by atoms with Gasteiger partial charge in [-0.15, -0.1) is 0 Å². The van der Waals surface area contributed by atoms with Gasteiger partial charge in [0.1, 0.15) is 25.5 Å². The number of aldehydes is 1. The summed E-state index contributed by atoms with van der Waals surface area (Å²) in [7, 11) is 0. The molecule has 0 saturated heterocycles. The van der Waals surface area contributed by atoms with E-state index in [2.05, 4.69) is 5.32 Å². The number of hydrogen-bond acceptors (Lipinski definition) is 5. The maximum Gasteiger partial charge on any atom is 0.408 e.